The number of nitrogens with one attached hydrogen (secondary N) is 1. The number of alkyl halides is 2. The van der Waals surface area contributed by atoms with E-state index >= 15 is 0 Å². The number of ether oxygens (including phenoxy) is 2. The van der Waals surface area contributed by atoms with Crippen LogP contribution in [-0.4, -0.2) is 26.8 Å². The Labute approximate surface area is 118 Å². The molecule has 0 heterocycles. The molecule has 0 aromatic heterocycles. The van der Waals surface area contributed by atoms with Crippen LogP contribution in [-0.2, 0) is 0 Å². The van der Waals surface area contributed by atoms with Crippen molar-refractivity contribution >= 4 is 6.08 Å². The Bertz CT molecular complexity index is 447. The van der Waals surface area contributed by atoms with Crippen LogP contribution in [0.5, 0.6) is 11.5 Å². The van der Waals surface area contributed by atoms with Gasteiger partial charge in [0.2, 0.25) is 0 Å². The highest BCUT2D eigenvalue weighted by Gasteiger charge is 2.10. The Kier molecular flexibility index (Phi) is 7.01. The predicted octanol–water partition coefficient (Wildman–Crippen LogP) is 3.70. The molecule has 0 aliphatic rings. The van der Waals surface area contributed by atoms with Crippen LogP contribution >= 0.6 is 0 Å². The van der Waals surface area contributed by atoms with Gasteiger partial charge in [-0.25, -0.2) is 0 Å². The van der Waals surface area contributed by atoms with Crippen molar-refractivity contribution in [3.8, 4) is 11.5 Å². The number of hydrogen-bond donors (Lipinski definition) is 1. The second kappa shape index (κ2) is 8.53. The molecule has 20 heavy (non-hydrogen) atoms. The third kappa shape index (κ3) is 5.57. The standard InChI is InChI=1S/C15H21F2NO2/c1-4-7-18-10-11(2)8-12-5-6-13(19-3)14(9-12)20-15(16)17/h5-6,8-9,15,18H,4,7,10H2,1-3H3. The highest BCUT2D eigenvalue weighted by molar-refractivity contribution is 5.58. The minimum atomic E-state index is -2.87. The fraction of sp³-hybridized carbons (Fsp3) is 0.467. The van der Waals surface area contributed by atoms with Gasteiger partial charge in [0.25, 0.3) is 0 Å². The van der Waals surface area contributed by atoms with Gasteiger partial charge in [0.1, 0.15) is 0 Å². The van der Waals surface area contributed by atoms with E-state index in [0.29, 0.717) is 5.75 Å². The molecule has 112 valence electrons. The van der Waals surface area contributed by atoms with Gasteiger partial charge in [0, 0.05) is 6.54 Å². The summed E-state index contributed by atoms with van der Waals surface area (Å²) < 4.78 is 34.1. The van der Waals surface area contributed by atoms with Gasteiger partial charge in [-0.05, 0) is 37.6 Å². The van der Waals surface area contributed by atoms with Crippen LogP contribution in [0.4, 0.5) is 8.78 Å². The van der Waals surface area contributed by atoms with Crippen LogP contribution in [0.3, 0.4) is 0 Å². The molecule has 0 aliphatic carbocycles. The molecule has 0 fully saturated rings. The summed E-state index contributed by atoms with van der Waals surface area (Å²) in [5.74, 6) is 0.342. The lowest BCUT2D eigenvalue weighted by atomic mass is 10.1. The van der Waals surface area contributed by atoms with E-state index in [-0.39, 0.29) is 5.75 Å². The summed E-state index contributed by atoms with van der Waals surface area (Å²) in [5, 5.41) is 3.28. The van der Waals surface area contributed by atoms with Crippen molar-refractivity contribution in [2.45, 2.75) is 26.9 Å². The molecule has 0 radical (unpaired) electrons. The molecule has 0 bridgehead atoms. The normalized spacial score (nSPS) is 11.8. The lowest BCUT2D eigenvalue weighted by molar-refractivity contribution is -0.0512. The summed E-state index contributed by atoms with van der Waals surface area (Å²) in [6.07, 6.45) is 3.00. The average molecular weight is 285 g/mol. The van der Waals surface area contributed by atoms with Gasteiger partial charge in [-0.1, -0.05) is 24.6 Å². The summed E-state index contributed by atoms with van der Waals surface area (Å²) in [4.78, 5) is 0. The summed E-state index contributed by atoms with van der Waals surface area (Å²) >= 11 is 0. The Morgan fingerprint density at radius 1 is 1.35 bits per heavy atom. The van der Waals surface area contributed by atoms with Crippen molar-refractivity contribution in [2.24, 2.45) is 0 Å². The van der Waals surface area contributed by atoms with Gasteiger partial charge in [-0.2, -0.15) is 8.78 Å². The first-order valence-electron chi connectivity index (χ1n) is 6.57. The van der Waals surface area contributed by atoms with Gasteiger partial charge in [-0.3, -0.25) is 0 Å². The molecule has 1 aromatic carbocycles. The molecule has 5 heteroatoms. The maximum atomic E-state index is 12.3. The van der Waals surface area contributed by atoms with Gasteiger partial charge >= 0.3 is 6.61 Å². The van der Waals surface area contributed by atoms with E-state index in [1.54, 1.807) is 18.2 Å². The average Bonchev–Trinajstić information content (AvgIpc) is 2.38. The monoisotopic (exact) mass is 285 g/mol. The number of benzene rings is 1. The van der Waals surface area contributed by atoms with E-state index in [1.807, 2.05) is 13.0 Å². The summed E-state index contributed by atoms with van der Waals surface area (Å²) in [7, 11) is 1.42. The minimum absolute atomic E-state index is 0.0468. The first-order valence-corrected chi connectivity index (χ1v) is 6.57. The molecule has 1 aromatic rings. The zero-order valence-corrected chi connectivity index (χ0v) is 12.1. The quantitative estimate of drug-likeness (QED) is 0.739. The van der Waals surface area contributed by atoms with Gasteiger partial charge in [0.15, 0.2) is 11.5 Å². The van der Waals surface area contributed by atoms with E-state index in [1.165, 1.54) is 7.11 Å². The van der Waals surface area contributed by atoms with E-state index in [2.05, 4.69) is 17.0 Å². The molecular weight excluding hydrogens is 264 g/mol. The minimum Gasteiger partial charge on any atom is -0.493 e. The van der Waals surface area contributed by atoms with Crippen LogP contribution in [0.15, 0.2) is 23.8 Å². The van der Waals surface area contributed by atoms with Crippen LogP contribution in [0.25, 0.3) is 6.08 Å². The van der Waals surface area contributed by atoms with Crippen molar-refractivity contribution < 1.29 is 18.3 Å². The highest BCUT2D eigenvalue weighted by Crippen LogP contribution is 2.30. The molecule has 1 rings (SSSR count). The number of hydrogen-bond acceptors (Lipinski definition) is 3. The Balaban J connectivity index is 2.82. The van der Waals surface area contributed by atoms with Crippen LogP contribution in [0, 0.1) is 0 Å². The highest BCUT2D eigenvalue weighted by atomic mass is 19.3. The lowest BCUT2D eigenvalue weighted by Gasteiger charge is -2.11. The van der Waals surface area contributed by atoms with Gasteiger partial charge in [-0.15, -0.1) is 0 Å². The zero-order chi connectivity index (χ0) is 15.0. The maximum Gasteiger partial charge on any atom is 0.387 e. The summed E-state index contributed by atoms with van der Waals surface area (Å²) in [5.41, 5.74) is 1.92. The Hall–Kier alpha value is -1.62. The first kappa shape index (κ1) is 16.4. The molecule has 0 atom stereocenters. The Morgan fingerprint density at radius 2 is 2.10 bits per heavy atom. The molecule has 0 aliphatic heterocycles. The van der Waals surface area contributed by atoms with E-state index in [9.17, 15) is 8.78 Å². The maximum absolute atomic E-state index is 12.3. The smallest absolute Gasteiger partial charge is 0.387 e. The second-order valence-corrected chi connectivity index (χ2v) is 4.46. The number of rotatable bonds is 8. The van der Waals surface area contributed by atoms with Gasteiger partial charge in [0.05, 0.1) is 7.11 Å². The number of methoxy groups -OCH3 is 1. The molecule has 0 amide bonds. The number of halogens is 2. The van der Waals surface area contributed by atoms with E-state index < -0.39 is 6.61 Å². The zero-order valence-electron chi connectivity index (χ0n) is 12.1. The van der Waals surface area contributed by atoms with Crippen LogP contribution in [0.1, 0.15) is 25.8 Å². The van der Waals surface area contributed by atoms with Crippen LogP contribution in [0.2, 0.25) is 0 Å². The van der Waals surface area contributed by atoms with Crippen molar-refractivity contribution in [1.82, 2.24) is 5.32 Å². The first-order chi connectivity index (χ1) is 9.56. The van der Waals surface area contributed by atoms with Crippen molar-refractivity contribution in [3.05, 3.63) is 29.3 Å². The third-order valence-electron chi connectivity index (χ3n) is 2.65. The SMILES string of the molecule is CCCNCC(C)=Cc1ccc(OC)c(OC(F)F)c1. The molecular formula is C15H21F2NO2. The Morgan fingerprint density at radius 3 is 2.70 bits per heavy atom. The predicted molar refractivity (Wildman–Crippen MR) is 76.4 cm³/mol. The fourth-order valence-electron chi connectivity index (χ4n) is 1.77. The molecule has 0 saturated heterocycles. The summed E-state index contributed by atoms with van der Waals surface area (Å²) in [6, 6.07) is 4.98. The largest absolute Gasteiger partial charge is 0.493 e. The topological polar surface area (TPSA) is 30.5 Å². The lowest BCUT2D eigenvalue weighted by Crippen LogP contribution is -2.16. The molecule has 0 spiro atoms. The molecule has 0 unspecified atom stereocenters. The van der Waals surface area contributed by atoms with Crippen molar-refractivity contribution in [3.63, 3.8) is 0 Å². The van der Waals surface area contributed by atoms with E-state index in [4.69, 9.17) is 4.74 Å². The van der Waals surface area contributed by atoms with Crippen molar-refractivity contribution in [2.75, 3.05) is 20.2 Å². The van der Waals surface area contributed by atoms with Crippen LogP contribution < -0.4 is 14.8 Å². The summed E-state index contributed by atoms with van der Waals surface area (Å²) in [6.45, 7) is 2.94. The van der Waals surface area contributed by atoms with Crippen molar-refractivity contribution in [1.29, 1.82) is 0 Å². The molecule has 0 saturated carbocycles. The van der Waals surface area contributed by atoms with Gasteiger partial charge < -0.3 is 14.8 Å². The van der Waals surface area contributed by atoms with E-state index in [0.717, 1.165) is 30.6 Å². The second-order valence-electron chi connectivity index (χ2n) is 4.46. The third-order valence-corrected chi connectivity index (χ3v) is 2.65. The fourth-order valence-corrected chi connectivity index (χ4v) is 1.77. The molecule has 1 N–H and O–H groups in total. The molecule has 3 nitrogen and oxygen atoms in total.